The number of hydrogen-bond donors (Lipinski definition) is 0. The lowest BCUT2D eigenvalue weighted by Gasteiger charge is -2.34. The lowest BCUT2D eigenvalue weighted by atomic mass is 9.73. The van der Waals surface area contributed by atoms with Crippen LogP contribution >= 0.6 is 0 Å². The molecule has 4 rings (SSSR count). The maximum atomic E-state index is 13.9. The van der Waals surface area contributed by atoms with E-state index in [1.165, 1.54) is 4.90 Å². The number of likely N-dealkylation sites (tertiary alicyclic amines) is 1. The van der Waals surface area contributed by atoms with E-state index < -0.39 is 11.3 Å². The third-order valence-electron chi connectivity index (χ3n) is 7.41. The van der Waals surface area contributed by atoms with Crippen molar-refractivity contribution in [1.29, 1.82) is 0 Å². The predicted molar refractivity (Wildman–Crippen MR) is 129 cm³/mol. The zero-order valence-corrected chi connectivity index (χ0v) is 20.7. The van der Waals surface area contributed by atoms with Gasteiger partial charge in [-0.1, -0.05) is 31.9 Å². The fourth-order valence-electron chi connectivity index (χ4n) is 5.11. The summed E-state index contributed by atoms with van der Waals surface area (Å²) in [5, 5.41) is 0. The van der Waals surface area contributed by atoms with Crippen molar-refractivity contribution in [3.05, 3.63) is 29.8 Å². The zero-order valence-electron chi connectivity index (χ0n) is 20.7. The molecule has 0 bridgehead atoms. The van der Waals surface area contributed by atoms with Gasteiger partial charge in [-0.3, -0.25) is 24.3 Å². The molecule has 0 unspecified atom stereocenters. The van der Waals surface area contributed by atoms with Crippen molar-refractivity contribution in [2.75, 3.05) is 72.4 Å². The molecular formula is C26H39N3O5. The topological polar surface area (TPSA) is 71.6 Å². The molecule has 0 saturated carbocycles. The van der Waals surface area contributed by atoms with Crippen LogP contribution in [-0.4, -0.2) is 98.9 Å². The molecule has 8 nitrogen and oxygen atoms in total. The summed E-state index contributed by atoms with van der Waals surface area (Å²) in [6.45, 7) is 11.3. The minimum absolute atomic E-state index is 0.0784. The van der Waals surface area contributed by atoms with Crippen LogP contribution in [0.25, 0.3) is 0 Å². The molecule has 3 aliphatic rings. The highest BCUT2D eigenvalue weighted by molar-refractivity contribution is 6.10. The number of imide groups is 1. The van der Waals surface area contributed by atoms with Crippen molar-refractivity contribution in [1.82, 2.24) is 14.7 Å². The van der Waals surface area contributed by atoms with Gasteiger partial charge >= 0.3 is 0 Å². The van der Waals surface area contributed by atoms with Gasteiger partial charge in [-0.2, -0.15) is 0 Å². The first-order valence-corrected chi connectivity index (χ1v) is 12.7. The molecule has 3 aliphatic heterocycles. The average molecular weight is 474 g/mol. The molecule has 2 amide bonds. The van der Waals surface area contributed by atoms with Gasteiger partial charge in [0.05, 0.1) is 51.0 Å². The van der Waals surface area contributed by atoms with Crippen molar-refractivity contribution < 1.29 is 23.8 Å². The molecule has 3 heterocycles. The van der Waals surface area contributed by atoms with E-state index in [4.69, 9.17) is 14.2 Å². The van der Waals surface area contributed by atoms with E-state index in [-0.39, 0.29) is 11.8 Å². The Kier molecular flexibility index (Phi) is 8.58. The molecule has 8 heteroatoms. The fraction of sp³-hybridized carbons (Fsp3) is 0.692. The van der Waals surface area contributed by atoms with Crippen LogP contribution in [0.3, 0.4) is 0 Å². The normalized spacial score (nSPS) is 26.9. The lowest BCUT2D eigenvalue weighted by Crippen LogP contribution is -2.47. The Morgan fingerprint density at radius 3 is 2.18 bits per heavy atom. The van der Waals surface area contributed by atoms with Crippen molar-refractivity contribution in [2.45, 2.75) is 38.5 Å². The molecular weight excluding hydrogens is 434 g/mol. The third-order valence-corrected chi connectivity index (χ3v) is 7.41. The van der Waals surface area contributed by atoms with Gasteiger partial charge in [0.15, 0.2) is 0 Å². The molecule has 34 heavy (non-hydrogen) atoms. The summed E-state index contributed by atoms with van der Waals surface area (Å²) in [6.07, 6.45) is 3.33. The second-order valence-electron chi connectivity index (χ2n) is 9.69. The van der Waals surface area contributed by atoms with Crippen LogP contribution in [0.1, 0.15) is 38.7 Å². The Labute approximate surface area is 203 Å². The molecule has 1 aromatic rings. The van der Waals surface area contributed by atoms with Crippen LogP contribution in [0.4, 0.5) is 0 Å². The van der Waals surface area contributed by atoms with E-state index in [0.717, 1.165) is 56.8 Å². The van der Waals surface area contributed by atoms with Crippen LogP contribution in [0.5, 0.6) is 5.75 Å². The third kappa shape index (κ3) is 5.46. The molecule has 0 spiro atoms. The summed E-state index contributed by atoms with van der Waals surface area (Å²) in [5.74, 6) is 0.176. The van der Waals surface area contributed by atoms with E-state index in [9.17, 15) is 9.59 Å². The van der Waals surface area contributed by atoms with Crippen molar-refractivity contribution in [2.24, 2.45) is 5.92 Å². The number of carbonyl (C=O) groups excluding carboxylic acids is 2. The van der Waals surface area contributed by atoms with E-state index in [1.54, 1.807) is 0 Å². The Bertz CT molecular complexity index is 820. The van der Waals surface area contributed by atoms with Gasteiger partial charge in [0.1, 0.15) is 5.75 Å². The minimum atomic E-state index is -0.914. The van der Waals surface area contributed by atoms with Gasteiger partial charge in [-0.05, 0) is 31.0 Å². The highest BCUT2D eigenvalue weighted by atomic mass is 16.5. The Balaban J connectivity index is 1.55. The maximum absolute atomic E-state index is 13.9. The van der Waals surface area contributed by atoms with Crippen LogP contribution < -0.4 is 4.74 Å². The predicted octanol–water partition coefficient (Wildman–Crippen LogP) is 2.12. The first-order valence-electron chi connectivity index (χ1n) is 12.7. The first-order chi connectivity index (χ1) is 16.5. The second-order valence-corrected chi connectivity index (χ2v) is 9.69. The minimum Gasteiger partial charge on any atom is -0.494 e. The van der Waals surface area contributed by atoms with Gasteiger partial charge in [-0.15, -0.1) is 0 Å². The van der Waals surface area contributed by atoms with E-state index in [0.29, 0.717) is 46.2 Å². The van der Waals surface area contributed by atoms with Crippen molar-refractivity contribution in [3.8, 4) is 5.75 Å². The van der Waals surface area contributed by atoms with Crippen molar-refractivity contribution >= 4 is 11.8 Å². The number of unbranched alkanes of at least 4 members (excludes halogenated alkanes) is 2. The van der Waals surface area contributed by atoms with Crippen LogP contribution in [0.15, 0.2) is 24.3 Å². The summed E-state index contributed by atoms with van der Waals surface area (Å²) >= 11 is 0. The molecule has 188 valence electrons. The highest BCUT2D eigenvalue weighted by Crippen LogP contribution is 2.42. The number of nitrogens with zero attached hydrogens (tertiary/aromatic N) is 3. The summed E-state index contributed by atoms with van der Waals surface area (Å²) < 4.78 is 16.8. The monoisotopic (exact) mass is 473 g/mol. The van der Waals surface area contributed by atoms with Gasteiger partial charge < -0.3 is 14.2 Å². The molecule has 3 saturated heterocycles. The summed E-state index contributed by atoms with van der Waals surface area (Å²) in [5.41, 5.74) is -0.0444. The van der Waals surface area contributed by atoms with Gasteiger partial charge in [0.2, 0.25) is 11.8 Å². The maximum Gasteiger partial charge on any atom is 0.241 e. The van der Waals surface area contributed by atoms with E-state index in [2.05, 4.69) is 16.7 Å². The molecule has 3 fully saturated rings. The lowest BCUT2D eigenvalue weighted by molar-refractivity contribution is -0.143. The number of carbonyl (C=O) groups is 2. The van der Waals surface area contributed by atoms with Gasteiger partial charge in [-0.25, -0.2) is 0 Å². The quantitative estimate of drug-likeness (QED) is 0.381. The standard InChI is InChI=1S/C26H39N3O5/c1-3-4-5-14-34-22-8-6-21(7-9-22)26(2)23(19-27-10-15-32-16-11-27)24(30)29(25(26)31)20-28-12-17-33-18-13-28/h6-9,23H,3-5,10-20H2,1-2H3/t23-,26+/m0/s1. The Hall–Kier alpha value is -2.00. The molecule has 0 radical (unpaired) electrons. The zero-order chi connectivity index (χ0) is 24.0. The van der Waals surface area contributed by atoms with Crippen LogP contribution in [0.2, 0.25) is 0 Å². The number of ether oxygens (including phenoxy) is 3. The molecule has 0 aliphatic carbocycles. The number of amides is 2. The highest BCUT2D eigenvalue weighted by Gasteiger charge is 2.57. The van der Waals surface area contributed by atoms with E-state index in [1.807, 2.05) is 31.2 Å². The number of hydrogen-bond acceptors (Lipinski definition) is 7. The molecule has 2 atom stereocenters. The average Bonchev–Trinajstić information content (AvgIpc) is 3.05. The van der Waals surface area contributed by atoms with Crippen LogP contribution in [-0.2, 0) is 24.5 Å². The Morgan fingerprint density at radius 2 is 1.56 bits per heavy atom. The van der Waals surface area contributed by atoms with Crippen LogP contribution in [0, 0.1) is 5.92 Å². The fourth-order valence-corrected chi connectivity index (χ4v) is 5.11. The largest absolute Gasteiger partial charge is 0.494 e. The molecule has 1 aromatic carbocycles. The van der Waals surface area contributed by atoms with Crippen molar-refractivity contribution in [3.63, 3.8) is 0 Å². The summed E-state index contributed by atoms with van der Waals surface area (Å²) in [7, 11) is 0. The molecule has 0 N–H and O–H groups in total. The number of benzene rings is 1. The Morgan fingerprint density at radius 1 is 0.941 bits per heavy atom. The summed E-state index contributed by atoms with van der Waals surface area (Å²) in [4.78, 5) is 33.4. The number of morpholine rings is 2. The SMILES string of the molecule is CCCCCOc1ccc([C@@]2(C)C(=O)N(CN3CCOCC3)C(=O)[C@@H]2CN2CCOCC2)cc1. The smallest absolute Gasteiger partial charge is 0.241 e. The van der Waals surface area contributed by atoms with E-state index >= 15 is 0 Å². The van der Waals surface area contributed by atoms with Gasteiger partial charge in [0.25, 0.3) is 0 Å². The molecule has 0 aromatic heterocycles. The first kappa shape index (κ1) is 25.1. The summed E-state index contributed by atoms with van der Waals surface area (Å²) in [6, 6.07) is 7.79. The number of rotatable bonds is 10. The van der Waals surface area contributed by atoms with Gasteiger partial charge in [0, 0.05) is 32.7 Å². The second kappa shape index (κ2) is 11.6.